The Morgan fingerprint density at radius 1 is 1.03 bits per heavy atom. The van der Waals surface area contributed by atoms with Crippen molar-refractivity contribution in [3.8, 4) is 17.0 Å². The number of allylic oxidation sites excluding steroid dienone is 2. The first-order chi connectivity index (χ1) is 18.0. The van der Waals surface area contributed by atoms with E-state index in [1.54, 1.807) is 38.2 Å². The van der Waals surface area contributed by atoms with Gasteiger partial charge in [-0.25, -0.2) is 0 Å². The fraction of sp³-hybridized carbons (Fsp3) is 0.267. The number of halogens is 3. The van der Waals surface area contributed by atoms with Crippen molar-refractivity contribution in [2.24, 2.45) is 5.41 Å². The molecule has 0 radical (unpaired) electrons. The molecule has 1 aromatic heterocycles. The van der Waals surface area contributed by atoms with E-state index in [0.717, 1.165) is 34.2 Å². The van der Waals surface area contributed by atoms with Gasteiger partial charge in [-0.1, -0.05) is 24.3 Å². The molecule has 4 rings (SSSR count). The summed E-state index contributed by atoms with van der Waals surface area (Å²) in [5.74, 6) is -0.374. The number of carboxylic acid groups (broad SMARTS) is 1. The first-order valence-electron chi connectivity index (χ1n) is 12.2. The lowest BCUT2D eigenvalue weighted by atomic mass is 9.95. The fourth-order valence-electron chi connectivity index (χ4n) is 4.07. The van der Waals surface area contributed by atoms with Gasteiger partial charge >= 0.3 is 12.1 Å². The molecular weight excluding hydrogens is 493 g/mol. The number of carbonyl (C=O) groups is 1. The molecule has 8 heteroatoms. The number of aliphatic carboxylic acids is 1. The van der Waals surface area contributed by atoms with Crippen LogP contribution in [0.15, 0.2) is 78.5 Å². The Kier molecular flexibility index (Phi) is 7.62. The zero-order chi connectivity index (χ0) is 27.5. The molecule has 38 heavy (non-hydrogen) atoms. The quantitative estimate of drug-likeness (QED) is 0.338. The first kappa shape index (κ1) is 27.0. The third-order valence-corrected chi connectivity index (χ3v) is 6.46. The molecule has 0 fully saturated rings. The molecule has 1 aliphatic rings. The molecule has 0 aliphatic carbocycles. The lowest BCUT2D eigenvalue weighted by Crippen LogP contribution is -2.30. The zero-order valence-corrected chi connectivity index (χ0v) is 21.4. The van der Waals surface area contributed by atoms with E-state index in [1.807, 2.05) is 37.3 Å². The Hall–Kier alpha value is -4.07. The number of benzene rings is 2. The molecule has 0 spiro atoms. The van der Waals surface area contributed by atoms with Crippen LogP contribution in [0.5, 0.6) is 5.75 Å². The molecule has 3 aromatic rings. The topological polar surface area (TPSA) is 71.5 Å². The van der Waals surface area contributed by atoms with Crippen molar-refractivity contribution in [2.75, 3.05) is 6.61 Å². The van der Waals surface area contributed by atoms with Crippen LogP contribution in [0.25, 0.3) is 22.7 Å². The van der Waals surface area contributed by atoms with Crippen LogP contribution in [-0.4, -0.2) is 22.7 Å². The van der Waals surface area contributed by atoms with Gasteiger partial charge in [0.05, 0.1) is 16.7 Å². The van der Waals surface area contributed by atoms with Gasteiger partial charge in [-0.15, -0.1) is 0 Å². The van der Waals surface area contributed by atoms with Crippen LogP contribution < -0.4 is 10.1 Å². The highest BCUT2D eigenvalue weighted by atomic mass is 19.4. The van der Waals surface area contributed by atoms with Gasteiger partial charge in [0.25, 0.3) is 0 Å². The van der Waals surface area contributed by atoms with Crippen molar-refractivity contribution in [3.63, 3.8) is 0 Å². The van der Waals surface area contributed by atoms with E-state index in [1.165, 1.54) is 12.1 Å². The average molecular weight is 523 g/mol. The lowest BCUT2D eigenvalue weighted by molar-refractivity contribution is -0.148. The highest BCUT2D eigenvalue weighted by Gasteiger charge is 2.34. The Morgan fingerprint density at radius 3 is 2.34 bits per heavy atom. The van der Waals surface area contributed by atoms with Gasteiger partial charge in [0.1, 0.15) is 12.4 Å². The summed E-state index contributed by atoms with van der Waals surface area (Å²) in [6, 6.07) is 16.5. The zero-order valence-electron chi connectivity index (χ0n) is 21.4. The summed E-state index contributed by atoms with van der Waals surface area (Å²) < 4.78 is 46.6. The third-order valence-electron chi connectivity index (χ3n) is 6.46. The number of ether oxygens (including phenoxy) is 1. The van der Waals surface area contributed by atoms with E-state index in [-0.39, 0.29) is 12.2 Å². The Bertz CT molecular complexity index is 1370. The molecular formula is C30H29F3N2O3. The molecule has 2 aromatic carbocycles. The maximum absolute atomic E-state index is 13.7. The predicted octanol–water partition coefficient (Wildman–Crippen LogP) is 7.41. The minimum absolute atomic E-state index is 0.0416. The fourth-order valence-corrected chi connectivity index (χ4v) is 4.07. The van der Waals surface area contributed by atoms with Gasteiger partial charge in [0, 0.05) is 34.3 Å². The van der Waals surface area contributed by atoms with E-state index in [2.05, 4.69) is 10.3 Å². The van der Waals surface area contributed by atoms with Gasteiger partial charge in [-0.05, 0) is 81.7 Å². The summed E-state index contributed by atoms with van der Waals surface area (Å²) in [7, 11) is 0. The maximum Gasteiger partial charge on any atom is 0.417 e. The van der Waals surface area contributed by atoms with Gasteiger partial charge in [-0.3, -0.25) is 9.78 Å². The van der Waals surface area contributed by atoms with Crippen LogP contribution in [-0.2, 0) is 11.0 Å². The number of nitrogens with zero attached hydrogens (tertiary/aromatic N) is 1. The Balaban J connectivity index is 1.53. The number of hydrogen-bond donors (Lipinski definition) is 2. The van der Waals surface area contributed by atoms with Crippen LogP contribution in [0.3, 0.4) is 0 Å². The van der Waals surface area contributed by atoms with Crippen LogP contribution in [0.2, 0.25) is 0 Å². The van der Waals surface area contributed by atoms with Crippen LogP contribution >= 0.6 is 0 Å². The van der Waals surface area contributed by atoms with Gasteiger partial charge in [-0.2, -0.15) is 13.2 Å². The van der Waals surface area contributed by atoms with Crippen molar-refractivity contribution in [1.82, 2.24) is 10.3 Å². The summed E-state index contributed by atoms with van der Waals surface area (Å²) in [5.41, 5.74) is 2.98. The first-order valence-corrected chi connectivity index (χ1v) is 12.2. The molecule has 0 bridgehead atoms. The summed E-state index contributed by atoms with van der Waals surface area (Å²) >= 11 is 0. The number of rotatable bonds is 7. The minimum atomic E-state index is -4.46. The average Bonchev–Trinajstić information content (AvgIpc) is 3.09. The standard InChI is InChI=1S/C30H29F3N2O3/c1-19-7-6-10-26(23-8-4-5-9-24(23)30(31,32)33)35-27(19)21-13-16-25(34-17-21)20-11-14-22(15-12-20)38-18-29(2,3)28(36)37/h4-5,8-17,35H,6-7,18H2,1-3H3,(H,36,37). The molecule has 5 nitrogen and oxygen atoms in total. The van der Waals surface area contributed by atoms with Gasteiger partial charge in [0.2, 0.25) is 0 Å². The largest absolute Gasteiger partial charge is 0.492 e. The molecule has 0 saturated carbocycles. The molecule has 0 saturated heterocycles. The number of pyridine rings is 1. The van der Waals surface area contributed by atoms with Crippen molar-refractivity contribution in [3.05, 3.63) is 95.2 Å². The molecule has 0 atom stereocenters. The second kappa shape index (κ2) is 10.7. The van der Waals surface area contributed by atoms with E-state index in [9.17, 15) is 23.1 Å². The Labute approximate surface area is 219 Å². The third kappa shape index (κ3) is 6.07. The number of nitrogens with one attached hydrogen (secondary N) is 1. The normalized spacial score (nSPS) is 14.4. The number of alkyl halides is 3. The van der Waals surface area contributed by atoms with Crippen molar-refractivity contribution in [2.45, 2.75) is 39.8 Å². The summed E-state index contributed by atoms with van der Waals surface area (Å²) in [6.45, 7) is 5.21. The van der Waals surface area contributed by atoms with Crippen LogP contribution in [0.4, 0.5) is 13.2 Å². The predicted molar refractivity (Wildman–Crippen MR) is 141 cm³/mol. The monoisotopic (exact) mass is 522 g/mol. The number of carboxylic acids is 1. The van der Waals surface area contributed by atoms with Gasteiger partial charge in [0.15, 0.2) is 0 Å². The highest BCUT2D eigenvalue weighted by molar-refractivity contribution is 5.80. The Morgan fingerprint density at radius 2 is 1.71 bits per heavy atom. The van der Waals surface area contributed by atoms with Crippen molar-refractivity contribution in [1.29, 1.82) is 0 Å². The molecule has 0 amide bonds. The van der Waals surface area contributed by atoms with Crippen molar-refractivity contribution >= 4 is 17.4 Å². The number of aromatic nitrogens is 1. The smallest absolute Gasteiger partial charge is 0.417 e. The van der Waals surface area contributed by atoms with E-state index in [4.69, 9.17) is 4.74 Å². The molecule has 2 N–H and O–H groups in total. The second-order valence-electron chi connectivity index (χ2n) is 9.91. The molecule has 198 valence electrons. The van der Waals surface area contributed by atoms with Crippen molar-refractivity contribution < 1.29 is 27.8 Å². The summed E-state index contributed by atoms with van der Waals surface area (Å²) in [5, 5.41) is 12.5. The van der Waals surface area contributed by atoms with Crippen LogP contribution in [0, 0.1) is 5.41 Å². The van der Waals surface area contributed by atoms with E-state index < -0.39 is 23.1 Å². The summed E-state index contributed by atoms with van der Waals surface area (Å²) in [4.78, 5) is 15.9. The SMILES string of the molecule is CC1=C(c2ccc(-c3ccc(OCC(C)(C)C(=O)O)cc3)nc2)NC(c2ccccc2C(F)(F)F)=CCC1. The molecule has 2 heterocycles. The lowest BCUT2D eigenvalue weighted by Gasteiger charge is -2.19. The minimum Gasteiger partial charge on any atom is -0.492 e. The summed E-state index contributed by atoms with van der Waals surface area (Å²) in [6.07, 6.45) is 0.388. The van der Waals surface area contributed by atoms with Gasteiger partial charge < -0.3 is 15.2 Å². The molecule has 1 aliphatic heterocycles. The van der Waals surface area contributed by atoms with E-state index >= 15 is 0 Å². The highest BCUT2D eigenvalue weighted by Crippen LogP contribution is 2.36. The maximum atomic E-state index is 13.7. The van der Waals surface area contributed by atoms with E-state index in [0.29, 0.717) is 24.3 Å². The molecule has 0 unspecified atom stereocenters. The van der Waals surface area contributed by atoms with Crippen LogP contribution in [0.1, 0.15) is 50.3 Å². The second-order valence-corrected chi connectivity index (χ2v) is 9.91. The number of hydrogen-bond acceptors (Lipinski definition) is 4.